The molecule has 2 aromatic heterocycles. The first-order valence-electron chi connectivity index (χ1n) is 7.87. The van der Waals surface area contributed by atoms with Gasteiger partial charge in [-0.15, -0.1) is 0 Å². The molecule has 0 fully saturated rings. The third-order valence-electron chi connectivity index (χ3n) is 3.56. The second-order valence-corrected chi connectivity index (χ2v) is 5.35. The second-order valence-electron chi connectivity index (χ2n) is 5.35. The number of ether oxygens (including phenoxy) is 2. The zero-order chi connectivity index (χ0) is 19.2. The van der Waals surface area contributed by atoms with Crippen LogP contribution in [0.1, 0.15) is 11.3 Å². The Labute approximate surface area is 154 Å². The predicted molar refractivity (Wildman–Crippen MR) is 94.9 cm³/mol. The zero-order valence-electron chi connectivity index (χ0n) is 14.6. The lowest BCUT2D eigenvalue weighted by Gasteiger charge is -2.09. The van der Waals surface area contributed by atoms with E-state index in [1.54, 1.807) is 30.3 Å². The summed E-state index contributed by atoms with van der Waals surface area (Å²) in [7, 11) is 3.06. The minimum Gasteiger partial charge on any atom is -0.493 e. The summed E-state index contributed by atoms with van der Waals surface area (Å²) in [5.74, 6) is 0.794. The summed E-state index contributed by atoms with van der Waals surface area (Å²) in [5.41, 5.74) is 3.15. The van der Waals surface area contributed by atoms with Gasteiger partial charge in [0.25, 0.3) is 5.89 Å². The van der Waals surface area contributed by atoms with Crippen molar-refractivity contribution in [3.05, 3.63) is 47.9 Å². The normalized spacial score (nSPS) is 10.9. The molecule has 0 radical (unpaired) electrons. The Kier molecular flexibility index (Phi) is 5.41. The van der Waals surface area contributed by atoms with Gasteiger partial charge < -0.3 is 23.4 Å². The number of hydrazone groups is 1. The minimum atomic E-state index is -0.431. The van der Waals surface area contributed by atoms with Crippen molar-refractivity contribution in [1.29, 1.82) is 0 Å². The van der Waals surface area contributed by atoms with Gasteiger partial charge in [-0.05, 0) is 29.8 Å². The number of oxazole rings is 1. The number of nitrogens with one attached hydrogen (secondary N) is 1. The standard InChI is InChI=1S/C18H17N3O6/c1-24-13-6-5-11(8-15(13)25-2)9-16(22)21-19-10-12-18(23)27-17(20-12)14-4-3-7-26-14/h3-8,10,23H,9H2,1-2H3,(H,21,22). The van der Waals surface area contributed by atoms with Crippen molar-refractivity contribution >= 4 is 12.1 Å². The SMILES string of the molecule is COc1ccc(CC(=O)NN=Cc2nc(-c3ccco3)oc2O)cc1OC. The van der Waals surface area contributed by atoms with Crippen LogP contribution in [0.25, 0.3) is 11.7 Å². The molecule has 3 aromatic rings. The average molecular weight is 371 g/mol. The Morgan fingerprint density at radius 1 is 1.30 bits per heavy atom. The van der Waals surface area contributed by atoms with E-state index < -0.39 is 5.95 Å². The van der Waals surface area contributed by atoms with Crippen molar-refractivity contribution in [1.82, 2.24) is 10.4 Å². The van der Waals surface area contributed by atoms with Crippen LogP contribution in [0.15, 0.2) is 50.5 Å². The molecule has 9 nitrogen and oxygen atoms in total. The summed E-state index contributed by atoms with van der Waals surface area (Å²) in [6.45, 7) is 0. The summed E-state index contributed by atoms with van der Waals surface area (Å²) >= 11 is 0. The van der Waals surface area contributed by atoms with Crippen LogP contribution < -0.4 is 14.9 Å². The van der Waals surface area contributed by atoms with Crippen LogP contribution in [0.4, 0.5) is 0 Å². The maximum absolute atomic E-state index is 12.0. The molecule has 0 bridgehead atoms. The number of furan rings is 1. The highest BCUT2D eigenvalue weighted by atomic mass is 16.5. The van der Waals surface area contributed by atoms with Crippen molar-refractivity contribution in [3.8, 4) is 29.1 Å². The third kappa shape index (κ3) is 4.27. The molecule has 2 heterocycles. The molecule has 0 atom stereocenters. The quantitative estimate of drug-likeness (QED) is 0.483. The van der Waals surface area contributed by atoms with Gasteiger partial charge in [0, 0.05) is 0 Å². The van der Waals surface area contributed by atoms with Gasteiger partial charge >= 0.3 is 5.95 Å². The molecule has 1 aromatic carbocycles. The Balaban J connectivity index is 1.61. The molecule has 0 spiro atoms. The highest BCUT2D eigenvalue weighted by molar-refractivity contribution is 5.83. The number of carbonyl (C=O) groups is 1. The molecule has 0 aliphatic heterocycles. The molecule has 9 heteroatoms. The minimum absolute atomic E-state index is 0.0628. The van der Waals surface area contributed by atoms with Gasteiger partial charge in [-0.3, -0.25) is 4.79 Å². The third-order valence-corrected chi connectivity index (χ3v) is 3.56. The number of hydrogen-bond donors (Lipinski definition) is 2. The lowest BCUT2D eigenvalue weighted by Crippen LogP contribution is -2.19. The smallest absolute Gasteiger partial charge is 0.312 e. The largest absolute Gasteiger partial charge is 0.493 e. The van der Waals surface area contributed by atoms with E-state index in [-0.39, 0.29) is 23.9 Å². The van der Waals surface area contributed by atoms with Crippen molar-refractivity contribution in [3.63, 3.8) is 0 Å². The van der Waals surface area contributed by atoms with Crippen molar-refractivity contribution in [2.24, 2.45) is 5.10 Å². The van der Waals surface area contributed by atoms with E-state index in [0.717, 1.165) is 5.56 Å². The fourth-order valence-electron chi connectivity index (χ4n) is 2.29. The first kappa shape index (κ1) is 18.1. The van der Waals surface area contributed by atoms with Gasteiger partial charge in [0.1, 0.15) is 0 Å². The maximum Gasteiger partial charge on any atom is 0.312 e. The Morgan fingerprint density at radius 3 is 2.81 bits per heavy atom. The Hall–Kier alpha value is -3.75. The van der Waals surface area contributed by atoms with Crippen LogP contribution >= 0.6 is 0 Å². The fraction of sp³-hybridized carbons (Fsp3) is 0.167. The molecule has 140 valence electrons. The van der Waals surface area contributed by atoms with E-state index in [1.165, 1.54) is 26.7 Å². The predicted octanol–water partition coefficient (Wildman–Crippen LogP) is 2.35. The first-order valence-corrected chi connectivity index (χ1v) is 7.87. The number of aromatic nitrogens is 1. The van der Waals surface area contributed by atoms with Crippen LogP contribution in [0, 0.1) is 0 Å². The lowest BCUT2D eigenvalue weighted by molar-refractivity contribution is -0.120. The molecule has 1 amide bonds. The summed E-state index contributed by atoms with van der Waals surface area (Å²) in [5, 5.41) is 13.5. The fourth-order valence-corrected chi connectivity index (χ4v) is 2.29. The highest BCUT2D eigenvalue weighted by Crippen LogP contribution is 2.28. The van der Waals surface area contributed by atoms with Crippen LogP contribution in [-0.2, 0) is 11.2 Å². The summed E-state index contributed by atoms with van der Waals surface area (Å²) in [6.07, 6.45) is 2.72. The molecular formula is C18H17N3O6. The molecule has 2 N–H and O–H groups in total. The molecule has 27 heavy (non-hydrogen) atoms. The lowest BCUT2D eigenvalue weighted by atomic mass is 10.1. The molecule has 0 unspecified atom stereocenters. The van der Waals surface area contributed by atoms with E-state index in [1.807, 2.05) is 0 Å². The van der Waals surface area contributed by atoms with Gasteiger partial charge in [-0.1, -0.05) is 6.07 Å². The Morgan fingerprint density at radius 2 is 2.11 bits per heavy atom. The number of methoxy groups -OCH3 is 2. The van der Waals surface area contributed by atoms with Gasteiger partial charge in [0.2, 0.25) is 5.91 Å². The van der Waals surface area contributed by atoms with E-state index in [2.05, 4.69) is 15.5 Å². The summed E-state index contributed by atoms with van der Waals surface area (Å²) in [4.78, 5) is 16.0. The number of carbonyl (C=O) groups excluding carboxylic acids is 1. The van der Waals surface area contributed by atoms with E-state index in [4.69, 9.17) is 18.3 Å². The number of rotatable bonds is 7. The monoisotopic (exact) mass is 371 g/mol. The van der Waals surface area contributed by atoms with Crippen LogP contribution in [-0.4, -0.2) is 36.4 Å². The Bertz CT molecular complexity index is 946. The van der Waals surface area contributed by atoms with E-state index in [9.17, 15) is 9.90 Å². The van der Waals surface area contributed by atoms with E-state index >= 15 is 0 Å². The number of aromatic hydroxyl groups is 1. The molecule has 3 rings (SSSR count). The maximum atomic E-state index is 12.0. The number of nitrogens with zero attached hydrogens (tertiary/aromatic N) is 2. The molecule has 0 saturated carbocycles. The highest BCUT2D eigenvalue weighted by Gasteiger charge is 2.14. The van der Waals surface area contributed by atoms with Gasteiger partial charge in [-0.2, -0.15) is 5.10 Å². The number of benzene rings is 1. The zero-order valence-corrected chi connectivity index (χ0v) is 14.6. The average Bonchev–Trinajstić information content (AvgIpc) is 3.32. The van der Waals surface area contributed by atoms with Crippen LogP contribution in [0.5, 0.6) is 17.4 Å². The molecule has 0 aliphatic carbocycles. The van der Waals surface area contributed by atoms with Crippen LogP contribution in [0.2, 0.25) is 0 Å². The summed E-state index contributed by atoms with van der Waals surface area (Å²) < 4.78 is 20.6. The molecular weight excluding hydrogens is 354 g/mol. The van der Waals surface area contributed by atoms with Crippen molar-refractivity contribution < 1.29 is 28.2 Å². The first-order chi connectivity index (χ1) is 13.1. The van der Waals surface area contributed by atoms with E-state index in [0.29, 0.717) is 17.3 Å². The summed E-state index contributed by atoms with van der Waals surface area (Å²) in [6, 6.07) is 8.48. The number of hydrogen-bond acceptors (Lipinski definition) is 8. The van der Waals surface area contributed by atoms with Crippen molar-refractivity contribution in [2.45, 2.75) is 6.42 Å². The topological polar surface area (TPSA) is 119 Å². The second kappa shape index (κ2) is 8.09. The van der Waals surface area contributed by atoms with Crippen LogP contribution in [0.3, 0.4) is 0 Å². The molecule has 0 aliphatic rings. The number of amides is 1. The van der Waals surface area contributed by atoms with Gasteiger partial charge in [-0.25, -0.2) is 10.4 Å². The van der Waals surface area contributed by atoms with Gasteiger partial charge in [0.15, 0.2) is 23.0 Å². The molecule has 0 saturated heterocycles. The van der Waals surface area contributed by atoms with Crippen molar-refractivity contribution in [2.75, 3.05) is 14.2 Å². The van der Waals surface area contributed by atoms with Gasteiger partial charge in [0.05, 0.1) is 33.1 Å².